The Hall–Kier alpha value is -2.94. The molecule has 1 aliphatic rings. The molecule has 0 bridgehead atoms. The Morgan fingerprint density at radius 2 is 2.19 bits per heavy atom. The topological polar surface area (TPSA) is 111 Å². The number of carbonyl (C=O) groups excluding carboxylic acids is 1. The molecule has 0 radical (unpaired) electrons. The van der Waals surface area contributed by atoms with Gasteiger partial charge in [0.15, 0.2) is 11.6 Å². The first-order valence-electron chi connectivity index (χ1n) is 9.02. The van der Waals surface area contributed by atoms with Gasteiger partial charge in [0, 0.05) is 13.0 Å². The summed E-state index contributed by atoms with van der Waals surface area (Å²) in [5.41, 5.74) is 0.569. The highest BCUT2D eigenvalue weighted by Gasteiger charge is 2.22. The third-order valence-corrected chi connectivity index (χ3v) is 4.69. The van der Waals surface area contributed by atoms with Crippen LogP contribution in [-0.4, -0.2) is 38.7 Å². The second-order valence-electron chi connectivity index (χ2n) is 6.67. The monoisotopic (exact) mass is 370 g/mol. The summed E-state index contributed by atoms with van der Waals surface area (Å²) >= 11 is 0. The first-order chi connectivity index (χ1) is 13.1. The van der Waals surface area contributed by atoms with Crippen LogP contribution in [0.3, 0.4) is 0 Å². The molecule has 0 saturated carbocycles. The molecule has 3 aromatic rings. The fourth-order valence-electron chi connectivity index (χ4n) is 3.18. The number of hydrogen-bond acceptors (Lipinski definition) is 7. The molecule has 0 aliphatic carbocycles. The van der Waals surface area contributed by atoms with Gasteiger partial charge in [-0.15, -0.1) is 0 Å². The molecule has 142 valence electrons. The van der Waals surface area contributed by atoms with Crippen molar-refractivity contribution >= 4 is 11.9 Å². The molecule has 1 saturated heterocycles. The van der Waals surface area contributed by atoms with Crippen molar-refractivity contribution in [2.24, 2.45) is 7.05 Å². The summed E-state index contributed by atoms with van der Waals surface area (Å²) in [5.74, 6) is 2.83. The SMILES string of the molecule is Cc1oc(-c2ccco2)nc1CC(=O)Nc1nc(C2CCNCC2)nn1C. The molecule has 0 atom stereocenters. The van der Waals surface area contributed by atoms with Crippen LogP contribution in [0.1, 0.15) is 36.0 Å². The van der Waals surface area contributed by atoms with Crippen molar-refractivity contribution in [1.82, 2.24) is 25.1 Å². The molecule has 1 amide bonds. The quantitative estimate of drug-likeness (QED) is 0.707. The fraction of sp³-hybridized carbons (Fsp3) is 0.444. The lowest BCUT2D eigenvalue weighted by molar-refractivity contribution is -0.115. The second kappa shape index (κ2) is 7.36. The number of aryl methyl sites for hydroxylation is 2. The molecule has 1 aliphatic heterocycles. The predicted octanol–water partition coefficient (Wildman–Crippen LogP) is 2.02. The summed E-state index contributed by atoms with van der Waals surface area (Å²) in [6.07, 6.45) is 3.65. The Balaban J connectivity index is 1.43. The van der Waals surface area contributed by atoms with E-state index >= 15 is 0 Å². The predicted molar refractivity (Wildman–Crippen MR) is 97.1 cm³/mol. The number of amides is 1. The Morgan fingerprint density at radius 1 is 1.37 bits per heavy atom. The van der Waals surface area contributed by atoms with Gasteiger partial charge in [-0.2, -0.15) is 10.1 Å². The molecule has 0 aromatic carbocycles. The average molecular weight is 370 g/mol. The van der Waals surface area contributed by atoms with Crippen molar-refractivity contribution in [3.63, 3.8) is 0 Å². The normalized spacial score (nSPS) is 15.2. The lowest BCUT2D eigenvalue weighted by Gasteiger charge is -2.19. The van der Waals surface area contributed by atoms with Crippen molar-refractivity contribution in [3.8, 4) is 11.7 Å². The zero-order valence-electron chi connectivity index (χ0n) is 15.4. The van der Waals surface area contributed by atoms with E-state index in [0.717, 1.165) is 31.8 Å². The number of carbonyl (C=O) groups is 1. The van der Waals surface area contributed by atoms with E-state index in [1.807, 2.05) is 0 Å². The van der Waals surface area contributed by atoms with E-state index in [-0.39, 0.29) is 12.3 Å². The van der Waals surface area contributed by atoms with Crippen LogP contribution in [0.4, 0.5) is 5.95 Å². The molecular weight excluding hydrogens is 348 g/mol. The molecule has 27 heavy (non-hydrogen) atoms. The molecule has 1 fully saturated rings. The minimum atomic E-state index is -0.218. The van der Waals surface area contributed by atoms with Gasteiger partial charge in [-0.3, -0.25) is 10.1 Å². The molecule has 2 N–H and O–H groups in total. The third-order valence-electron chi connectivity index (χ3n) is 4.69. The summed E-state index contributed by atoms with van der Waals surface area (Å²) in [6.45, 7) is 3.71. The van der Waals surface area contributed by atoms with E-state index in [9.17, 15) is 4.79 Å². The summed E-state index contributed by atoms with van der Waals surface area (Å²) in [6, 6.07) is 3.52. The largest absolute Gasteiger partial charge is 0.459 e. The molecule has 9 nitrogen and oxygen atoms in total. The van der Waals surface area contributed by atoms with Crippen LogP contribution < -0.4 is 10.6 Å². The number of piperidine rings is 1. The number of rotatable bonds is 5. The van der Waals surface area contributed by atoms with Crippen LogP contribution >= 0.6 is 0 Å². The van der Waals surface area contributed by atoms with Crippen molar-refractivity contribution in [2.45, 2.75) is 32.1 Å². The highest BCUT2D eigenvalue weighted by Crippen LogP contribution is 2.24. The van der Waals surface area contributed by atoms with E-state index in [4.69, 9.17) is 8.83 Å². The van der Waals surface area contributed by atoms with Gasteiger partial charge in [-0.05, 0) is 45.0 Å². The molecule has 4 rings (SSSR count). The number of anilines is 1. The van der Waals surface area contributed by atoms with Crippen LogP contribution in [0.2, 0.25) is 0 Å². The zero-order valence-corrected chi connectivity index (χ0v) is 15.4. The summed E-state index contributed by atoms with van der Waals surface area (Å²) < 4.78 is 12.5. The minimum absolute atomic E-state index is 0.0889. The molecular formula is C18H22N6O3. The van der Waals surface area contributed by atoms with Crippen molar-refractivity contribution < 1.29 is 13.6 Å². The Bertz CT molecular complexity index is 921. The maximum Gasteiger partial charge on any atom is 0.263 e. The number of furan rings is 1. The molecule has 0 spiro atoms. The number of aromatic nitrogens is 4. The summed E-state index contributed by atoms with van der Waals surface area (Å²) in [7, 11) is 1.78. The van der Waals surface area contributed by atoms with E-state index in [1.54, 1.807) is 37.0 Å². The van der Waals surface area contributed by atoms with E-state index in [1.165, 1.54) is 0 Å². The van der Waals surface area contributed by atoms with Crippen LogP contribution in [0, 0.1) is 6.92 Å². The van der Waals surface area contributed by atoms with Crippen LogP contribution in [0.25, 0.3) is 11.7 Å². The first kappa shape index (κ1) is 17.5. The van der Waals surface area contributed by atoms with Crippen molar-refractivity contribution in [1.29, 1.82) is 0 Å². The minimum Gasteiger partial charge on any atom is -0.459 e. The van der Waals surface area contributed by atoms with Gasteiger partial charge in [-0.1, -0.05) is 0 Å². The number of oxazole rings is 1. The molecule has 0 unspecified atom stereocenters. The third kappa shape index (κ3) is 3.77. The number of hydrogen-bond donors (Lipinski definition) is 2. The fourth-order valence-corrected chi connectivity index (χ4v) is 3.18. The Morgan fingerprint density at radius 3 is 2.93 bits per heavy atom. The van der Waals surface area contributed by atoms with Gasteiger partial charge in [0.2, 0.25) is 11.9 Å². The maximum absolute atomic E-state index is 12.5. The zero-order chi connectivity index (χ0) is 18.8. The van der Waals surface area contributed by atoms with Gasteiger partial charge < -0.3 is 14.2 Å². The van der Waals surface area contributed by atoms with Crippen molar-refractivity contribution in [2.75, 3.05) is 18.4 Å². The Labute approximate surface area is 156 Å². The standard InChI is InChI=1S/C18H22N6O3/c1-11-13(20-17(27-11)14-4-3-9-26-14)10-15(25)21-18-22-16(23-24(18)2)12-5-7-19-8-6-12/h3-4,9,12,19H,5-8,10H2,1-2H3,(H,21,22,23,25). The van der Waals surface area contributed by atoms with Crippen LogP contribution in [-0.2, 0) is 18.3 Å². The maximum atomic E-state index is 12.5. The molecule has 4 heterocycles. The summed E-state index contributed by atoms with van der Waals surface area (Å²) in [4.78, 5) is 21.3. The smallest absolute Gasteiger partial charge is 0.263 e. The first-order valence-corrected chi connectivity index (χ1v) is 9.02. The van der Waals surface area contributed by atoms with Gasteiger partial charge in [0.25, 0.3) is 5.89 Å². The number of nitrogens with zero attached hydrogens (tertiary/aromatic N) is 4. The van der Waals surface area contributed by atoms with E-state index in [0.29, 0.717) is 35.0 Å². The average Bonchev–Trinajstić information content (AvgIpc) is 3.38. The van der Waals surface area contributed by atoms with E-state index < -0.39 is 0 Å². The van der Waals surface area contributed by atoms with Gasteiger partial charge in [-0.25, -0.2) is 9.67 Å². The van der Waals surface area contributed by atoms with Gasteiger partial charge in [0.1, 0.15) is 5.76 Å². The number of nitrogens with one attached hydrogen (secondary N) is 2. The van der Waals surface area contributed by atoms with Crippen molar-refractivity contribution in [3.05, 3.63) is 35.7 Å². The highest BCUT2D eigenvalue weighted by molar-refractivity contribution is 5.90. The molecule has 3 aromatic heterocycles. The lowest BCUT2D eigenvalue weighted by atomic mass is 9.98. The van der Waals surface area contributed by atoms with Gasteiger partial charge >= 0.3 is 0 Å². The van der Waals surface area contributed by atoms with Gasteiger partial charge in [0.05, 0.1) is 18.4 Å². The second-order valence-corrected chi connectivity index (χ2v) is 6.67. The molecule has 9 heteroatoms. The highest BCUT2D eigenvalue weighted by atomic mass is 16.4. The van der Waals surface area contributed by atoms with Crippen LogP contribution in [0.15, 0.2) is 27.2 Å². The van der Waals surface area contributed by atoms with E-state index in [2.05, 4.69) is 25.7 Å². The summed E-state index contributed by atoms with van der Waals surface area (Å²) in [5, 5.41) is 10.6. The van der Waals surface area contributed by atoms with Crippen LogP contribution in [0.5, 0.6) is 0 Å². The Kier molecular flexibility index (Phi) is 4.76. The lowest BCUT2D eigenvalue weighted by Crippen LogP contribution is -2.27.